The number of carbonyl (C=O) groups excluding carboxylic acids is 2. The Balaban J connectivity index is 2.00. The molecule has 3 rings (SSSR count). The molecule has 0 aliphatic carbocycles. The summed E-state index contributed by atoms with van der Waals surface area (Å²) in [5.41, 5.74) is 0.999. The Morgan fingerprint density at radius 1 is 1.26 bits per heavy atom. The first kappa shape index (κ1) is 15.4. The maximum Gasteiger partial charge on any atom is 0.270 e. The zero-order chi connectivity index (χ0) is 16.6. The standard InChI is InChI=1S/C15H11ClN4O2S/c1-19-7-10(17-8-19)6-12-13(21)18-15(23)20(14(12)22)11-4-2-9(16)3-5-11/h2-8H,1H3,(H,18,21,23)/b12-6+. The molecule has 8 heteroatoms. The van der Waals surface area contributed by atoms with E-state index in [2.05, 4.69) is 10.3 Å². The SMILES string of the molecule is Cn1cnc(/C=C2\C(=O)NC(=S)N(c3ccc(Cl)cc3)C2=O)c1. The molecule has 0 saturated carbocycles. The first-order valence-corrected chi connectivity index (χ1v) is 7.39. The summed E-state index contributed by atoms with van der Waals surface area (Å²) in [7, 11) is 1.80. The van der Waals surface area contributed by atoms with E-state index in [4.69, 9.17) is 23.8 Å². The van der Waals surface area contributed by atoms with Gasteiger partial charge < -0.3 is 4.57 Å². The molecule has 2 heterocycles. The molecule has 2 aromatic rings. The van der Waals surface area contributed by atoms with Gasteiger partial charge in [0.1, 0.15) is 5.57 Å². The molecule has 0 atom stereocenters. The van der Waals surface area contributed by atoms with Crippen LogP contribution in [0.5, 0.6) is 0 Å². The Bertz CT molecular complexity index is 841. The summed E-state index contributed by atoms with van der Waals surface area (Å²) >= 11 is 11.0. The number of aromatic nitrogens is 2. The van der Waals surface area contributed by atoms with Gasteiger partial charge in [-0.3, -0.25) is 19.8 Å². The van der Waals surface area contributed by atoms with Gasteiger partial charge in [-0.05, 0) is 42.6 Å². The molecule has 1 fully saturated rings. The highest BCUT2D eigenvalue weighted by atomic mass is 35.5. The van der Waals surface area contributed by atoms with E-state index < -0.39 is 11.8 Å². The van der Waals surface area contributed by atoms with Gasteiger partial charge >= 0.3 is 0 Å². The third-order valence-corrected chi connectivity index (χ3v) is 3.74. The number of hydrogen-bond acceptors (Lipinski definition) is 4. The molecule has 2 amide bonds. The number of nitrogens with zero attached hydrogens (tertiary/aromatic N) is 3. The van der Waals surface area contributed by atoms with Crippen LogP contribution < -0.4 is 10.2 Å². The van der Waals surface area contributed by atoms with E-state index in [0.717, 1.165) is 0 Å². The summed E-state index contributed by atoms with van der Waals surface area (Å²) in [5, 5.41) is 3.08. The van der Waals surface area contributed by atoms with E-state index in [1.807, 2.05) is 0 Å². The number of aryl methyl sites for hydroxylation is 1. The van der Waals surface area contributed by atoms with Gasteiger partial charge in [-0.1, -0.05) is 11.6 Å². The topological polar surface area (TPSA) is 67.2 Å². The highest BCUT2D eigenvalue weighted by molar-refractivity contribution is 7.80. The van der Waals surface area contributed by atoms with E-state index in [0.29, 0.717) is 16.4 Å². The lowest BCUT2D eigenvalue weighted by Gasteiger charge is -2.28. The molecule has 0 unspecified atom stereocenters. The number of hydrogen-bond donors (Lipinski definition) is 1. The fourth-order valence-electron chi connectivity index (χ4n) is 2.14. The van der Waals surface area contributed by atoms with Crippen molar-refractivity contribution in [3.63, 3.8) is 0 Å². The number of rotatable bonds is 2. The molecule has 6 nitrogen and oxygen atoms in total. The fourth-order valence-corrected chi connectivity index (χ4v) is 2.54. The average Bonchev–Trinajstić information content (AvgIpc) is 2.91. The molecule has 1 aliphatic rings. The maximum atomic E-state index is 12.7. The Labute approximate surface area is 142 Å². The van der Waals surface area contributed by atoms with Gasteiger partial charge in [-0.2, -0.15) is 0 Å². The summed E-state index contributed by atoms with van der Waals surface area (Å²) in [4.78, 5) is 30.1. The zero-order valence-corrected chi connectivity index (χ0v) is 13.6. The number of amides is 2. The fraction of sp³-hybridized carbons (Fsp3) is 0.0667. The normalized spacial score (nSPS) is 16.9. The second-order valence-corrected chi connectivity index (χ2v) is 5.72. The van der Waals surface area contributed by atoms with Crippen molar-refractivity contribution in [1.29, 1.82) is 0 Å². The quantitative estimate of drug-likeness (QED) is 0.512. The molecule has 0 spiro atoms. The van der Waals surface area contributed by atoms with Gasteiger partial charge in [0.25, 0.3) is 11.8 Å². The van der Waals surface area contributed by atoms with Gasteiger partial charge in [0.2, 0.25) is 0 Å². The number of anilines is 1. The predicted octanol–water partition coefficient (Wildman–Crippen LogP) is 1.90. The summed E-state index contributed by atoms with van der Waals surface area (Å²) in [6.45, 7) is 0. The second kappa shape index (κ2) is 5.94. The molecular weight excluding hydrogens is 336 g/mol. The van der Waals surface area contributed by atoms with Gasteiger partial charge in [0.15, 0.2) is 5.11 Å². The van der Waals surface area contributed by atoms with Crippen LogP contribution in [0.4, 0.5) is 5.69 Å². The van der Waals surface area contributed by atoms with Crippen molar-refractivity contribution in [2.45, 2.75) is 0 Å². The molecule has 1 aromatic heterocycles. The van der Waals surface area contributed by atoms with Gasteiger partial charge in [-0.15, -0.1) is 0 Å². The molecular formula is C15H11ClN4O2S. The highest BCUT2D eigenvalue weighted by Crippen LogP contribution is 2.23. The largest absolute Gasteiger partial charge is 0.340 e. The smallest absolute Gasteiger partial charge is 0.270 e. The lowest BCUT2D eigenvalue weighted by atomic mass is 10.1. The Morgan fingerprint density at radius 2 is 1.96 bits per heavy atom. The van der Waals surface area contributed by atoms with Crippen molar-refractivity contribution in [2.75, 3.05) is 4.90 Å². The summed E-state index contributed by atoms with van der Waals surface area (Å²) in [6.07, 6.45) is 4.72. The minimum Gasteiger partial charge on any atom is -0.340 e. The van der Waals surface area contributed by atoms with Gasteiger partial charge in [0.05, 0.1) is 17.7 Å². The third-order valence-electron chi connectivity index (χ3n) is 3.20. The van der Waals surface area contributed by atoms with E-state index in [1.54, 1.807) is 48.4 Å². The Hall–Kier alpha value is -2.51. The van der Waals surface area contributed by atoms with E-state index in [9.17, 15) is 9.59 Å². The molecule has 0 bridgehead atoms. The number of benzene rings is 1. The first-order valence-electron chi connectivity index (χ1n) is 6.60. The molecule has 23 heavy (non-hydrogen) atoms. The molecule has 1 saturated heterocycles. The minimum atomic E-state index is -0.545. The van der Waals surface area contributed by atoms with Crippen molar-refractivity contribution in [3.8, 4) is 0 Å². The van der Waals surface area contributed by atoms with Crippen LogP contribution in [0.15, 0.2) is 42.4 Å². The van der Waals surface area contributed by atoms with Crippen LogP contribution in [0, 0.1) is 0 Å². The van der Waals surface area contributed by atoms with Crippen LogP contribution in [-0.2, 0) is 16.6 Å². The van der Waals surface area contributed by atoms with Crippen LogP contribution >= 0.6 is 23.8 Å². The van der Waals surface area contributed by atoms with Crippen molar-refractivity contribution < 1.29 is 9.59 Å². The molecule has 1 aromatic carbocycles. The monoisotopic (exact) mass is 346 g/mol. The zero-order valence-electron chi connectivity index (χ0n) is 12.0. The van der Waals surface area contributed by atoms with Crippen LogP contribution in [0.1, 0.15) is 5.69 Å². The number of halogens is 1. The predicted molar refractivity (Wildman–Crippen MR) is 90.9 cm³/mol. The number of nitrogens with one attached hydrogen (secondary N) is 1. The summed E-state index contributed by atoms with van der Waals surface area (Å²) in [5.74, 6) is -1.05. The van der Waals surface area contributed by atoms with Crippen molar-refractivity contribution >= 4 is 52.5 Å². The van der Waals surface area contributed by atoms with E-state index in [-0.39, 0.29) is 10.7 Å². The average molecular weight is 347 g/mol. The van der Waals surface area contributed by atoms with Crippen molar-refractivity contribution in [3.05, 3.63) is 53.1 Å². The molecule has 116 valence electrons. The van der Waals surface area contributed by atoms with Gasteiger partial charge in [-0.25, -0.2) is 4.98 Å². The highest BCUT2D eigenvalue weighted by Gasteiger charge is 2.34. The lowest BCUT2D eigenvalue weighted by Crippen LogP contribution is -2.54. The van der Waals surface area contributed by atoms with Crippen LogP contribution in [0.2, 0.25) is 5.02 Å². The Kier molecular flexibility index (Phi) is 3.97. The second-order valence-electron chi connectivity index (χ2n) is 4.90. The number of imidazole rings is 1. The van der Waals surface area contributed by atoms with E-state index in [1.165, 1.54) is 11.0 Å². The number of thiocarbonyl (C=S) groups is 1. The molecule has 0 radical (unpaired) electrons. The Morgan fingerprint density at radius 3 is 2.57 bits per heavy atom. The third kappa shape index (κ3) is 3.01. The summed E-state index contributed by atoms with van der Waals surface area (Å²) < 4.78 is 1.72. The maximum absolute atomic E-state index is 12.7. The number of carbonyl (C=O) groups is 2. The van der Waals surface area contributed by atoms with Crippen LogP contribution in [-0.4, -0.2) is 26.5 Å². The summed E-state index contributed by atoms with van der Waals surface area (Å²) in [6, 6.07) is 6.60. The molecule has 1 N–H and O–H groups in total. The van der Waals surface area contributed by atoms with Crippen LogP contribution in [0.3, 0.4) is 0 Å². The van der Waals surface area contributed by atoms with E-state index >= 15 is 0 Å². The van der Waals surface area contributed by atoms with Crippen molar-refractivity contribution in [1.82, 2.24) is 14.9 Å². The first-order chi connectivity index (χ1) is 11.0. The van der Waals surface area contributed by atoms with Crippen LogP contribution in [0.25, 0.3) is 6.08 Å². The van der Waals surface area contributed by atoms with Gasteiger partial charge in [0, 0.05) is 18.3 Å². The lowest BCUT2D eigenvalue weighted by molar-refractivity contribution is -0.122. The van der Waals surface area contributed by atoms with Crippen molar-refractivity contribution in [2.24, 2.45) is 7.05 Å². The molecule has 1 aliphatic heterocycles. The minimum absolute atomic E-state index is 0.0282.